The first kappa shape index (κ1) is 33.0. The third-order valence-electron chi connectivity index (χ3n) is 7.73. The first-order valence-corrected chi connectivity index (χ1v) is 16.1. The molecule has 0 spiro atoms. The maximum atomic E-state index is 13.5. The van der Waals surface area contributed by atoms with E-state index >= 15 is 0 Å². The molecular weight excluding hydrogens is 627 g/mol. The predicted molar refractivity (Wildman–Crippen MR) is 183 cm³/mol. The van der Waals surface area contributed by atoms with Crippen molar-refractivity contribution in [3.8, 4) is 28.4 Å². The fourth-order valence-electron chi connectivity index (χ4n) is 5.25. The van der Waals surface area contributed by atoms with E-state index in [0.29, 0.717) is 38.8 Å². The van der Waals surface area contributed by atoms with Gasteiger partial charge in [-0.05, 0) is 91.7 Å². The second kappa shape index (κ2) is 15.3. The number of carbonyl (C=O) groups excluding carboxylic acids is 2. The normalized spacial score (nSPS) is 15.8. The first-order valence-electron chi connectivity index (χ1n) is 14.9. The van der Waals surface area contributed by atoms with Crippen molar-refractivity contribution in [3.63, 3.8) is 0 Å². The molecule has 3 aromatic rings. The number of likely N-dealkylation sites (tertiary alicyclic amines) is 1. The summed E-state index contributed by atoms with van der Waals surface area (Å²) in [7, 11) is 3.18. The molecule has 2 aliphatic heterocycles. The third kappa shape index (κ3) is 8.06. The molecule has 12 heteroatoms. The van der Waals surface area contributed by atoms with E-state index in [2.05, 4.69) is 10.2 Å². The van der Waals surface area contributed by atoms with Gasteiger partial charge in [0.25, 0.3) is 5.91 Å². The van der Waals surface area contributed by atoms with Crippen LogP contribution in [0.25, 0.3) is 17.2 Å². The molecule has 2 aliphatic rings. The molecule has 46 heavy (non-hydrogen) atoms. The Morgan fingerprint density at radius 1 is 0.935 bits per heavy atom. The Balaban J connectivity index is 1.32. The quantitative estimate of drug-likeness (QED) is 0.173. The van der Waals surface area contributed by atoms with E-state index in [4.69, 9.17) is 31.5 Å². The van der Waals surface area contributed by atoms with Gasteiger partial charge >= 0.3 is 5.97 Å². The molecule has 2 saturated heterocycles. The Bertz CT molecular complexity index is 1650. The van der Waals surface area contributed by atoms with Crippen LogP contribution in [0.4, 0.5) is 5.69 Å². The van der Waals surface area contributed by atoms with Crippen molar-refractivity contribution in [3.05, 3.63) is 76.7 Å². The monoisotopic (exact) mass is 661 g/mol. The molecule has 0 saturated carbocycles. The zero-order valence-electron chi connectivity index (χ0n) is 25.6. The molecule has 2 fully saturated rings. The largest absolute Gasteiger partial charge is 0.493 e. The number of hydrogen-bond donors (Lipinski definition) is 2. The van der Waals surface area contributed by atoms with Gasteiger partial charge in [-0.2, -0.15) is 0 Å². The lowest BCUT2D eigenvalue weighted by Gasteiger charge is -2.17. The number of rotatable bonds is 13. The van der Waals surface area contributed by atoms with Crippen LogP contribution in [0.3, 0.4) is 0 Å². The minimum Gasteiger partial charge on any atom is -0.493 e. The van der Waals surface area contributed by atoms with Crippen LogP contribution in [-0.4, -0.2) is 84.0 Å². The van der Waals surface area contributed by atoms with Crippen LogP contribution < -0.4 is 19.5 Å². The van der Waals surface area contributed by atoms with Crippen LogP contribution >= 0.6 is 24.0 Å². The van der Waals surface area contributed by atoms with Crippen molar-refractivity contribution >= 4 is 57.8 Å². The average molecular weight is 662 g/mol. The van der Waals surface area contributed by atoms with Crippen molar-refractivity contribution < 1.29 is 33.7 Å². The molecule has 10 nitrogen and oxygen atoms in total. The minimum atomic E-state index is -1.05. The average Bonchev–Trinajstić information content (AvgIpc) is 3.67. The number of methoxy groups -OCH3 is 2. The molecule has 0 bridgehead atoms. The number of nitrogens with zero attached hydrogens (tertiary/aromatic N) is 2. The molecule has 2 N–H and O–H groups in total. The Kier molecular flexibility index (Phi) is 10.9. The highest BCUT2D eigenvalue weighted by molar-refractivity contribution is 8.26. The summed E-state index contributed by atoms with van der Waals surface area (Å²) in [4.78, 5) is 41.4. The Labute approximate surface area is 277 Å². The van der Waals surface area contributed by atoms with Gasteiger partial charge in [-0.25, -0.2) is 4.79 Å². The SMILES string of the molecule is COc1ccc(-c2ccc(OCCN3CCCC3)c(C=C3SC(=S)N(CCC(=O)Nc4ccc(C(=O)O)cc4)C3=O)c2)cc1OC. The lowest BCUT2D eigenvalue weighted by atomic mass is 10.0. The Morgan fingerprint density at radius 2 is 1.61 bits per heavy atom. The molecule has 2 amide bonds. The van der Waals surface area contributed by atoms with Gasteiger partial charge in [-0.15, -0.1) is 0 Å². The molecule has 0 unspecified atom stereocenters. The van der Waals surface area contributed by atoms with Crippen molar-refractivity contribution in [2.24, 2.45) is 0 Å². The smallest absolute Gasteiger partial charge is 0.335 e. The van der Waals surface area contributed by atoms with E-state index in [0.717, 1.165) is 36.3 Å². The van der Waals surface area contributed by atoms with E-state index in [1.54, 1.807) is 20.3 Å². The number of ether oxygens (including phenoxy) is 3. The van der Waals surface area contributed by atoms with E-state index in [-0.39, 0.29) is 30.3 Å². The van der Waals surface area contributed by atoms with Crippen LogP contribution in [0.5, 0.6) is 17.2 Å². The first-order chi connectivity index (χ1) is 22.2. The molecule has 0 radical (unpaired) electrons. The van der Waals surface area contributed by atoms with Gasteiger partial charge in [-0.3, -0.25) is 19.4 Å². The van der Waals surface area contributed by atoms with Gasteiger partial charge in [0.2, 0.25) is 5.91 Å². The van der Waals surface area contributed by atoms with Gasteiger partial charge in [0.05, 0.1) is 24.7 Å². The van der Waals surface area contributed by atoms with E-state index in [1.807, 2.05) is 36.4 Å². The summed E-state index contributed by atoms with van der Waals surface area (Å²) in [5, 5.41) is 11.8. The fourth-order valence-corrected chi connectivity index (χ4v) is 6.55. The van der Waals surface area contributed by atoms with Gasteiger partial charge in [0, 0.05) is 30.8 Å². The molecule has 5 rings (SSSR count). The van der Waals surface area contributed by atoms with Crippen molar-refractivity contribution in [1.82, 2.24) is 9.80 Å². The number of thiocarbonyl (C=S) groups is 1. The number of amides is 2. The molecular formula is C34H35N3O7S2. The van der Waals surface area contributed by atoms with Crippen molar-refractivity contribution in [1.29, 1.82) is 0 Å². The molecule has 0 aromatic heterocycles. The maximum absolute atomic E-state index is 13.5. The Morgan fingerprint density at radius 3 is 2.28 bits per heavy atom. The highest BCUT2D eigenvalue weighted by atomic mass is 32.2. The number of aromatic carboxylic acids is 1. The summed E-state index contributed by atoms with van der Waals surface area (Å²) in [6.07, 6.45) is 4.21. The predicted octanol–water partition coefficient (Wildman–Crippen LogP) is 5.77. The van der Waals surface area contributed by atoms with Gasteiger partial charge < -0.3 is 24.6 Å². The van der Waals surface area contributed by atoms with Crippen LogP contribution in [0, 0.1) is 0 Å². The van der Waals surface area contributed by atoms with Gasteiger partial charge in [-0.1, -0.05) is 36.1 Å². The molecule has 2 heterocycles. The van der Waals surface area contributed by atoms with E-state index in [1.165, 1.54) is 53.8 Å². The fraction of sp³-hybridized carbons (Fsp3) is 0.294. The molecule has 3 aromatic carbocycles. The summed E-state index contributed by atoms with van der Waals surface area (Å²) in [5.74, 6) is 0.234. The number of hydrogen-bond acceptors (Lipinski definition) is 9. The highest BCUT2D eigenvalue weighted by Crippen LogP contribution is 2.37. The van der Waals surface area contributed by atoms with E-state index < -0.39 is 5.97 Å². The Hall–Kier alpha value is -4.39. The number of carboxylic acids is 1. The second-order valence-corrected chi connectivity index (χ2v) is 12.4. The number of carboxylic acid groups (broad SMARTS) is 1. The maximum Gasteiger partial charge on any atom is 0.335 e. The second-order valence-electron chi connectivity index (χ2n) is 10.7. The molecule has 240 valence electrons. The minimum absolute atomic E-state index is 0.0139. The lowest BCUT2D eigenvalue weighted by Crippen LogP contribution is -2.31. The molecule has 0 atom stereocenters. The summed E-state index contributed by atoms with van der Waals surface area (Å²) < 4.78 is 17.5. The van der Waals surface area contributed by atoms with E-state index in [9.17, 15) is 14.4 Å². The standard InChI is InChI=1S/C34H35N3O7S2/c1-42-28-12-8-24(20-29(28)43-2)23-7-11-27(44-18-17-36-14-3-4-15-36)25(19-23)21-30-32(39)37(34(45)46-30)16-13-31(38)35-26-9-5-22(6-10-26)33(40)41/h5-12,19-21H,3-4,13-18H2,1-2H3,(H,35,38)(H,40,41). The van der Waals surface area contributed by atoms with Gasteiger partial charge in [0.1, 0.15) is 16.7 Å². The van der Waals surface area contributed by atoms with Gasteiger partial charge in [0.15, 0.2) is 11.5 Å². The number of anilines is 1. The topological polar surface area (TPSA) is 118 Å². The lowest BCUT2D eigenvalue weighted by molar-refractivity contribution is -0.122. The number of thioether (sulfide) groups is 1. The molecule has 0 aliphatic carbocycles. The number of nitrogens with one attached hydrogen (secondary N) is 1. The summed E-state index contributed by atoms with van der Waals surface area (Å²) in [5.41, 5.74) is 3.13. The summed E-state index contributed by atoms with van der Waals surface area (Å²) in [6, 6.07) is 17.4. The van der Waals surface area contributed by atoms with Crippen LogP contribution in [0.15, 0.2) is 65.6 Å². The number of carbonyl (C=O) groups is 3. The highest BCUT2D eigenvalue weighted by Gasteiger charge is 2.32. The summed E-state index contributed by atoms with van der Waals surface area (Å²) >= 11 is 6.71. The third-order valence-corrected chi connectivity index (χ3v) is 9.11. The van der Waals surface area contributed by atoms with Crippen LogP contribution in [0.1, 0.15) is 35.2 Å². The van der Waals surface area contributed by atoms with Crippen LogP contribution in [-0.2, 0) is 9.59 Å². The zero-order chi connectivity index (χ0) is 32.6. The van der Waals surface area contributed by atoms with Crippen molar-refractivity contribution in [2.45, 2.75) is 19.3 Å². The van der Waals surface area contributed by atoms with Crippen LogP contribution in [0.2, 0.25) is 0 Å². The van der Waals surface area contributed by atoms with Crippen molar-refractivity contribution in [2.75, 3.05) is 52.3 Å². The summed E-state index contributed by atoms with van der Waals surface area (Å²) in [6.45, 7) is 3.60. The number of benzene rings is 3. The zero-order valence-corrected chi connectivity index (χ0v) is 27.2.